The molecular formula is C13H21N3OS. The number of rotatable bonds is 5. The number of aromatic nitrogens is 1. The maximum atomic E-state index is 12.3. The zero-order valence-electron chi connectivity index (χ0n) is 11.4. The van der Waals surface area contributed by atoms with Crippen LogP contribution < -0.4 is 5.73 Å². The zero-order valence-corrected chi connectivity index (χ0v) is 12.3. The van der Waals surface area contributed by atoms with E-state index in [4.69, 9.17) is 5.73 Å². The summed E-state index contributed by atoms with van der Waals surface area (Å²) >= 11 is 1.78. The molecule has 0 saturated heterocycles. The van der Waals surface area contributed by atoms with Gasteiger partial charge < -0.3 is 10.6 Å². The number of nitrogens with two attached hydrogens (primary N) is 1. The summed E-state index contributed by atoms with van der Waals surface area (Å²) in [4.78, 5) is 18.1. The molecule has 1 atom stereocenters. The number of anilines is 1. The van der Waals surface area contributed by atoms with Crippen molar-refractivity contribution in [2.24, 2.45) is 0 Å². The molecule has 0 aromatic carbocycles. The fourth-order valence-electron chi connectivity index (χ4n) is 1.63. The van der Waals surface area contributed by atoms with Crippen molar-refractivity contribution in [3.63, 3.8) is 0 Å². The number of hydrogen-bond acceptors (Lipinski definition) is 4. The second-order valence-electron chi connectivity index (χ2n) is 4.46. The molecule has 1 unspecified atom stereocenters. The van der Waals surface area contributed by atoms with Gasteiger partial charge in [-0.05, 0) is 38.3 Å². The van der Waals surface area contributed by atoms with Crippen molar-refractivity contribution >= 4 is 23.4 Å². The Morgan fingerprint density at radius 2 is 2.28 bits per heavy atom. The first kappa shape index (κ1) is 14.8. The van der Waals surface area contributed by atoms with Crippen LogP contribution in [0.5, 0.6) is 0 Å². The van der Waals surface area contributed by atoms with Crippen molar-refractivity contribution in [1.82, 2.24) is 9.88 Å². The van der Waals surface area contributed by atoms with Crippen molar-refractivity contribution in [3.05, 3.63) is 23.5 Å². The monoisotopic (exact) mass is 267 g/mol. The van der Waals surface area contributed by atoms with Crippen molar-refractivity contribution in [2.45, 2.75) is 26.3 Å². The first-order chi connectivity index (χ1) is 8.47. The highest BCUT2D eigenvalue weighted by molar-refractivity contribution is 7.98. The Morgan fingerprint density at radius 1 is 1.61 bits per heavy atom. The molecule has 100 valence electrons. The van der Waals surface area contributed by atoms with Crippen molar-refractivity contribution in [2.75, 3.05) is 24.8 Å². The minimum atomic E-state index is -0.0615. The van der Waals surface area contributed by atoms with E-state index in [0.717, 1.165) is 17.9 Å². The van der Waals surface area contributed by atoms with E-state index in [1.54, 1.807) is 28.9 Å². The van der Waals surface area contributed by atoms with Crippen LogP contribution in [-0.2, 0) is 0 Å². The third kappa shape index (κ3) is 3.63. The Labute approximate surface area is 113 Å². The molecule has 0 aliphatic rings. The number of nitrogens with zero attached hydrogens (tertiary/aromatic N) is 2. The Morgan fingerprint density at radius 3 is 2.83 bits per heavy atom. The molecule has 0 aliphatic carbocycles. The van der Waals surface area contributed by atoms with Crippen LogP contribution in [0.1, 0.15) is 29.4 Å². The van der Waals surface area contributed by atoms with Crippen LogP contribution in [0.2, 0.25) is 0 Å². The summed E-state index contributed by atoms with van der Waals surface area (Å²) in [7, 11) is 1.81. The van der Waals surface area contributed by atoms with Gasteiger partial charge in [-0.1, -0.05) is 0 Å². The largest absolute Gasteiger partial charge is 0.398 e. The number of carbonyl (C=O) groups excluding carboxylic acids is 1. The molecule has 0 saturated carbocycles. The second-order valence-corrected chi connectivity index (χ2v) is 5.45. The lowest BCUT2D eigenvalue weighted by Crippen LogP contribution is -2.35. The molecule has 2 N–H and O–H groups in total. The summed E-state index contributed by atoms with van der Waals surface area (Å²) in [5, 5.41) is 0. The van der Waals surface area contributed by atoms with E-state index in [-0.39, 0.29) is 11.9 Å². The summed E-state index contributed by atoms with van der Waals surface area (Å²) < 4.78 is 0. The van der Waals surface area contributed by atoms with Gasteiger partial charge in [0, 0.05) is 30.7 Å². The summed E-state index contributed by atoms with van der Waals surface area (Å²) in [5.74, 6) is 0.981. The molecule has 18 heavy (non-hydrogen) atoms. The quantitative estimate of drug-likeness (QED) is 0.888. The van der Waals surface area contributed by atoms with Crippen LogP contribution in [-0.4, -0.2) is 40.9 Å². The average molecular weight is 267 g/mol. The number of nitrogen functional groups attached to an aromatic ring is 1. The fourth-order valence-corrected chi connectivity index (χ4v) is 2.21. The molecule has 0 fully saturated rings. The van der Waals surface area contributed by atoms with Crippen LogP contribution >= 0.6 is 11.8 Å². The van der Waals surface area contributed by atoms with Gasteiger partial charge >= 0.3 is 0 Å². The first-order valence-electron chi connectivity index (χ1n) is 5.95. The van der Waals surface area contributed by atoms with Gasteiger partial charge in [-0.25, -0.2) is 0 Å². The molecular weight excluding hydrogens is 246 g/mol. The van der Waals surface area contributed by atoms with E-state index < -0.39 is 0 Å². The molecule has 4 nitrogen and oxygen atoms in total. The molecule has 1 amide bonds. The van der Waals surface area contributed by atoms with Crippen LogP contribution in [0.3, 0.4) is 0 Å². The van der Waals surface area contributed by atoms with E-state index in [9.17, 15) is 4.79 Å². The van der Waals surface area contributed by atoms with Gasteiger partial charge in [0.2, 0.25) is 0 Å². The lowest BCUT2D eigenvalue weighted by atomic mass is 10.1. The van der Waals surface area contributed by atoms with E-state index in [2.05, 4.69) is 11.2 Å². The number of amides is 1. The van der Waals surface area contributed by atoms with Gasteiger partial charge in [-0.3, -0.25) is 9.78 Å². The fraction of sp³-hybridized carbons (Fsp3) is 0.538. The van der Waals surface area contributed by atoms with Gasteiger partial charge in [-0.15, -0.1) is 0 Å². The third-order valence-electron chi connectivity index (χ3n) is 3.02. The summed E-state index contributed by atoms with van der Waals surface area (Å²) in [5.41, 5.74) is 7.67. The van der Waals surface area contributed by atoms with Crippen molar-refractivity contribution in [3.8, 4) is 0 Å². The predicted molar refractivity (Wildman–Crippen MR) is 77.9 cm³/mol. The number of carbonyl (C=O) groups is 1. The maximum absolute atomic E-state index is 12.3. The van der Waals surface area contributed by atoms with Gasteiger partial charge in [0.1, 0.15) is 0 Å². The Kier molecular flexibility index (Phi) is 5.47. The number of pyridine rings is 1. The molecule has 0 radical (unpaired) electrons. The Balaban J connectivity index is 2.79. The Hall–Kier alpha value is -1.23. The SMILES string of the molecule is CSCCC(C)N(C)C(=O)c1cnc(C)cc1N. The Bertz CT molecular complexity index is 423. The molecule has 1 heterocycles. The smallest absolute Gasteiger partial charge is 0.257 e. The number of aryl methyl sites for hydroxylation is 1. The van der Waals surface area contributed by atoms with E-state index in [0.29, 0.717) is 11.3 Å². The lowest BCUT2D eigenvalue weighted by Gasteiger charge is -2.25. The molecule has 0 bridgehead atoms. The number of thioether (sulfide) groups is 1. The summed E-state index contributed by atoms with van der Waals surface area (Å²) in [6.45, 7) is 3.90. The molecule has 1 aromatic rings. The van der Waals surface area contributed by atoms with Gasteiger partial charge in [0.05, 0.1) is 5.56 Å². The maximum Gasteiger partial charge on any atom is 0.257 e. The van der Waals surface area contributed by atoms with E-state index in [1.165, 1.54) is 0 Å². The normalized spacial score (nSPS) is 12.2. The van der Waals surface area contributed by atoms with Crippen LogP contribution in [0.4, 0.5) is 5.69 Å². The van der Waals surface area contributed by atoms with Gasteiger partial charge in [0.15, 0.2) is 0 Å². The van der Waals surface area contributed by atoms with E-state index >= 15 is 0 Å². The van der Waals surface area contributed by atoms with E-state index in [1.807, 2.05) is 20.9 Å². The lowest BCUT2D eigenvalue weighted by molar-refractivity contribution is 0.0742. The van der Waals surface area contributed by atoms with Crippen molar-refractivity contribution < 1.29 is 4.79 Å². The van der Waals surface area contributed by atoms with Gasteiger partial charge in [0.25, 0.3) is 5.91 Å². The standard InChI is InChI=1S/C13H21N3OS/c1-9-7-12(14)11(8-15-9)13(17)16(3)10(2)5-6-18-4/h7-8,10H,5-6H2,1-4H3,(H2,14,15). The average Bonchev–Trinajstić information content (AvgIpc) is 2.34. The minimum Gasteiger partial charge on any atom is -0.398 e. The van der Waals surface area contributed by atoms with Crippen LogP contribution in [0.15, 0.2) is 12.3 Å². The highest BCUT2D eigenvalue weighted by Crippen LogP contribution is 2.16. The highest BCUT2D eigenvalue weighted by Gasteiger charge is 2.19. The van der Waals surface area contributed by atoms with Crippen LogP contribution in [0.25, 0.3) is 0 Å². The molecule has 0 aliphatic heterocycles. The third-order valence-corrected chi connectivity index (χ3v) is 3.67. The molecule has 1 rings (SSSR count). The molecule has 1 aromatic heterocycles. The summed E-state index contributed by atoms with van der Waals surface area (Å²) in [6, 6.07) is 1.93. The zero-order chi connectivity index (χ0) is 13.7. The van der Waals surface area contributed by atoms with Crippen LogP contribution in [0, 0.1) is 6.92 Å². The number of hydrogen-bond donors (Lipinski definition) is 1. The topological polar surface area (TPSA) is 59.2 Å². The molecule has 0 spiro atoms. The van der Waals surface area contributed by atoms with Crippen molar-refractivity contribution in [1.29, 1.82) is 0 Å². The first-order valence-corrected chi connectivity index (χ1v) is 7.35. The highest BCUT2D eigenvalue weighted by atomic mass is 32.2. The predicted octanol–water partition coefficient (Wildman–Crippen LogP) is 2.19. The molecule has 5 heteroatoms. The second kappa shape index (κ2) is 6.64. The summed E-state index contributed by atoms with van der Waals surface area (Å²) in [6.07, 6.45) is 4.60. The van der Waals surface area contributed by atoms with Gasteiger partial charge in [-0.2, -0.15) is 11.8 Å². The minimum absolute atomic E-state index is 0.0615.